The summed E-state index contributed by atoms with van der Waals surface area (Å²) in [5.74, 6) is -0.292. The van der Waals surface area contributed by atoms with Crippen LogP contribution in [0.1, 0.15) is 44.2 Å². The maximum absolute atomic E-state index is 12.3. The molecule has 6 nitrogen and oxygen atoms in total. The van der Waals surface area contributed by atoms with Crippen LogP contribution in [0, 0.1) is 0 Å². The fourth-order valence-corrected chi connectivity index (χ4v) is 4.99. The summed E-state index contributed by atoms with van der Waals surface area (Å²) in [6, 6.07) is 16.6. The van der Waals surface area contributed by atoms with Crippen LogP contribution in [0.25, 0.3) is 22.5 Å². The first-order valence-corrected chi connectivity index (χ1v) is 13.5. The van der Waals surface area contributed by atoms with E-state index < -0.39 is 0 Å². The third kappa shape index (κ3) is 6.83. The second kappa shape index (κ2) is 11.9. The molecule has 0 radical (unpaired) electrons. The van der Waals surface area contributed by atoms with Gasteiger partial charge in [-0.1, -0.05) is 62.4 Å². The van der Waals surface area contributed by atoms with Crippen LogP contribution in [0.15, 0.2) is 59.3 Å². The molecule has 2 aromatic heterocycles. The fraction of sp³-hybridized carbons (Fsp3) is 0.259. The van der Waals surface area contributed by atoms with Crippen LogP contribution in [0.2, 0.25) is 0 Å². The summed E-state index contributed by atoms with van der Waals surface area (Å²) in [7, 11) is 0. The van der Waals surface area contributed by atoms with Gasteiger partial charge in [-0.2, -0.15) is 0 Å². The van der Waals surface area contributed by atoms with E-state index in [2.05, 4.69) is 58.7 Å². The van der Waals surface area contributed by atoms with E-state index in [0.717, 1.165) is 35.4 Å². The molecule has 2 heterocycles. The molecule has 0 saturated carbocycles. The number of rotatable bonds is 10. The third-order valence-corrected chi connectivity index (χ3v) is 7.14. The predicted molar refractivity (Wildman–Crippen MR) is 145 cm³/mol. The van der Waals surface area contributed by atoms with Crippen molar-refractivity contribution in [1.29, 1.82) is 0 Å². The summed E-state index contributed by atoms with van der Waals surface area (Å²) in [5, 5.41) is 10.7. The van der Waals surface area contributed by atoms with Gasteiger partial charge in [-0.15, -0.1) is 22.7 Å². The number of amides is 2. The molecule has 0 spiro atoms. The topological polar surface area (TPSA) is 84.0 Å². The van der Waals surface area contributed by atoms with Crippen LogP contribution in [0.5, 0.6) is 0 Å². The van der Waals surface area contributed by atoms with Crippen molar-refractivity contribution in [1.82, 2.24) is 9.97 Å². The number of hydrogen-bond donors (Lipinski definition) is 2. The van der Waals surface area contributed by atoms with Crippen molar-refractivity contribution in [2.75, 3.05) is 10.6 Å². The molecule has 2 aromatic carbocycles. The highest BCUT2D eigenvalue weighted by molar-refractivity contribution is 7.14. The van der Waals surface area contributed by atoms with Crippen LogP contribution >= 0.6 is 22.7 Å². The molecule has 2 amide bonds. The van der Waals surface area contributed by atoms with E-state index >= 15 is 0 Å². The number of nitrogens with zero attached hydrogens (tertiary/aromatic N) is 2. The minimum absolute atomic E-state index is 0.146. The highest BCUT2D eigenvalue weighted by Crippen LogP contribution is 2.27. The number of benzene rings is 2. The van der Waals surface area contributed by atoms with Crippen molar-refractivity contribution in [3.63, 3.8) is 0 Å². The van der Waals surface area contributed by atoms with E-state index in [-0.39, 0.29) is 24.7 Å². The lowest BCUT2D eigenvalue weighted by molar-refractivity contribution is -0.117. The van der Waals surface area contributed by atoms with E-state index in [9.17, 15) is 9.59 Å². The Hall–Kier alpha value is -3.36. The highest BCUT2D eigenvalue weighted by atomic mass is 32.1. The Kier molecular flexibility index (Phi) is 8.39. The van der Waals surface area contributed by atoms with Gasteiger partial charge in [0.25, 0.3) is 0 Å². The van der Waals surface area contributed by atoms with Gasteiger partial charge in [-0.3, -0.25) is 9.59 Å². The standard InChI is InChI=1S/C27H28N4O2S2/c1-3-18-8-12-20(13-9-18)22-16-34-26(28-22)30-24(32)6-5-7-25(33)31-27-29-23(17-35-27)21-14-10-19(4-2)11-15-21/h8-17H,3-7H2,1-2H3,(H,28,30,32)(H,29,31,33). The van der Waals surface area contributed by atoms with Gasteiger partial charge in [-0.05, 0) is 30.4 Å². The Balaban J connectivity index is 1.21. The van der Waals surface area contributed by atoms with Gasteiger partial charge in [0.1, 0.15) is 0 Å². The molecule has 0 atom stereocenters. The van der Waals surface area contributed by atoms with E-state index in [1.54, 1.807) is 0 Å². The number of nitrogens with one attached hydrogen (secondary N) is 2. The van der Waals surface area contributed by atoms with Gasteiger partial charge in [0.05, 0.1) is 11.4 Å². The fourth-order valence-electron chi connectivity index (χ4n) is 3.52. The number of carbonyl (C=O) groups excluding carboxylic acids is 2. The zero-order valence-corrected chi connectivity index (χ0v) is 21.5. The maximum atomic E-state index is 12.3. The SMILES string of the molecule is CCc1ccc(-c2csc(NC(=O)CCCC(=O)Nc3nc(-c4ccc(CC)cc4)cs3)n2)cc1. The minimum Gasteiger partial charge on any atom is -0.302 e. The second-order valence-corrected chi connectivity index (χ2v) is 9.84. The average Bonchev–Trinajstić information content (AvgIpc) is 3.54. The van der Waals surface area contributed by atoms with E-state index in [1.807, 2.05) is 35.0 Å². The van der Waals surface area contributed by atoms with Gasteiger partial charge in [0.2, 0.25) is 11.8 Å². The van der Waals surface area contributed by atoms with E-state index in [1.165, 1.54) is 33.8 Å². The zero-order chi connectivity index (χ0) is 24.6. The number of aryl methyl sites for hydroxylation is 2. The average molecular weight is 505 g/mol. The summed E-state index contributed by atoms with van der Waals surface area (Å²) in [4.78, 5) is 33.6. The molecule has 0 aliphatic heterocycles. The molecule has 0 aliphatic rings. The van der Waals surface area contributed by atoms with E-state index in [4.69, 9.17) is 0 Å². The molecule has 0 bridgehead atoms. The van der Waals surface area contributed by atoms with Gasteiger partial charge in [0.15, 0.2) is 10.3 Å². The lowest BCUT2D eigenvalue weighted by atomic mass is 10.1. The number of thiazole rings is 2. The van der Waals surface area contributed by atoms with Crippen molar-refractivity contribution < 1.29 is 9.59 Å². The number of hydrogen-bond acceptors (Lipinski definition) is 6. The summed E-state index contributed by atoms with van der Waals surface area (Å²) < 4.78 is 0. The minimum atomic E-state index is -0.146. The van der Waals surface area contributed by atoms with Crippen LogP contribution in [0.4, 0.5) is 10.3 Å². The summed E-state index contributed by atoms with van der Waals surface area (Å²) in [6.45, 7) is 4.24. The first kappa shape index (κ1) is 24.8. The smallest absolute Gasteiger partial charge is 0.226 e. The summed E-state index contributed by atoms with van der Waals surface area (Å²) >= 11 is 2.79. The summed E-state index contributed by atoms with van der Waals surface area (Å²) in [6.07, 6.45) is 2.94. The zero-order valence-electron chi connectivity index (χ0n) is 19.8. The normalized spacial score (nSPS) is 10.8. The van der Waals surface area contributed by atoms with Crippen molar-refractivity contribution in [2.24, 2.45) is 0 Å². The quantitative estimate of drug-likeness (QED) is 0.249. The van der Waals surface area contributed by atoms with Crippen molar-refractivity contribution >= 4 is 44.8 Å². The molecular formula is C27H28N4O2S2. The molecule has 0 unspecified atom stereocenters. The van der Waals surface area contributed by atoms with Gasteiger partial charge < -0.3 is 10.6 Å². The van der Waals surface area contributed by atoms with Crippen molar-refractivity contribution in [2.45, 2.75) is 46.0 Å². The molecule has 2 N–H and O–H groups in total. The Morgan fingerprint density at radius 3 is 1.46 bits per heavy atom. The number of carbonyl (C=O) groups is 2. The van der Waals surface area contributed by atoms with Crippen molar-refractivity contribution in [3.8, 4) is 22.5 Å². The van der Waals surface area contributed by atoms with Crippen LogP contribution in [-0.2, 0) is 22.4 Å². The van der Waals surface area contributed by atoms with Crippen LogP contribution in [0.3, 0.4) is 0 Å². The third-order valence-electron chi connectivity index (χ3n) is 5.62. The molecule has 180 valence electrons. The first-order chi connectivity index (χ1) is 17.0. The molecule has 35 heavy (non-hydrogen) atoms. The molecule has 8 heteroatoms. The Bertz CT molecular complexity index is 1180. The maximum Gasteiger partial charge on any atom is 0.226 e. The van der Waals surface area contributed by atoms with Gasteiger partial charge >= 0.3 is 0 Å². The molecule has 0 saturated heterocycles. The predicted octanol–water partition coefficient (Wildman–Crippen LogP) is 6.81. The second-order valence-electron chi connectivity index (χ2n) is 8.13. The van der Waals surface area contributed by atoms with Gasteiger partial charge in [0, 0.05) is 34.7 Å². The lowest BCUT2D eigenvalue weighted by Gasteiger charge is -2.03. The number of anilines is 2. The summed E-state index contributed by atoms with van der Waals surface area (Å²) in [5.41, 5.74) is 6.29. The monoisotopic (exact) mass is 504 g/mol. The molecule has 0 aliphatic carbocycles. The number of aromatic nitrogens is 2. The lowest BCUT2D eigenvalue weighted by Crippen LogP contribution is -2.14. The van der Waals surface area contributed by atoms with Crippen molar-refractivity contribution in [3.05, 3.63) is 70.4 Å². The Morgan fingerprint density at radius 1 is 0.686 bits per heavy atom. The molecular weight excluding hydrogens is 476 g/mol. The van der Waals surface area contributed by atoms with Gasteiger partial charge in [-0.25, -0.2) is 9.97 Å². The molecule has 4 aromatic rings. The van der Waals surface area contributed by atoms with E-state index in [0.29, 0.717) is 16.7 Å². The van der Waals surface area contributed by atoms with Crippen LogP contribution in [-0.4, -0.2) is 21.8 Å². The Morgan fingerprint density at radius 2 is 1.09 bits per heavy atom. The molecule has 4 rings (SSSR count). The molecule has 0 fully saturated rings. The Labute approximate surface area is 213 Å². The first-order valence-electron chi connectivity index (χ1n) is 11.7. The highest BCUT2D eigenvalue weighted by Gasteiger charge is 2.11. The largest absolute Gasteiger partial charge is 0.302 e. The van der Waals surface area contributed by atoms with Crippen LogP contribution < -0.4 is 10.6 Å².